The van der Waals surface area contributed by atoms with Crippen LogP contribution in [0, 0.1) is 0 Å². The van der Waals surface area contributed by atoms with Crippen molar-refractivity contribution in [3.05, 3.63) is 35.2 Å². The van der Waals surface area contributed by atoms with E-state index in [0.717, 1.165) is 0 Å². The Labute approximate surface area is 98.7 Å². The highest BCUT2D eigenvalue weighted by molar-refractivity contribution is 7.79. The van der Waals surface area contributed by atoms with Gasteiger partial charge in [-0.05, 0) is 22.4 Å². The zero-order valence-corrected chi connectivity index (χ0v) is 9.81. The molecule has 1 aliphatic rings. The van der Waals surface area contributed by atoms with Crippen molar-refractivity contribution in [1.29, 1.82) is 0 Å². The third-order valence-corrected chi connectivity index (χ3v) is 3.94. The Kier molecular flexibility index (Phi) is 2.47. The molecular formula is C10H8N2O2S2. The van der Waals surface area contributed by atoms with E-state index in [9.17, 15) is 4.21 Å². The number of amidine groups is 1. The predicted octanol–water partition coefficient (Wildman–Crippen LogP) is 1.96. The number of nitrogens with zero attached hydrogens (tertiary/aromatic N) is 1. The maximum Gasteiger partial charge on any atom is 0.309 e. The largest absolute Gasteiger partial charge is 0.309 e. The monoisotopic (exact) mass is 252 g/mol. The van der Waals surface area contributed by atoms with Crippen LogP contribution in [0.5, 0.6) is 0 Å². The van der Waals surface area contributed by atoms with Crippen LogP contribution in [0.4, 0.5) is 0 Å². The van der Waals surface area contributed by atoms with Gasteiger partial charge in [-0.15, -0.1) is 15.7 Å². The number of thiophene rings is 1. The zero-order chi connectivity index (χ0) is 11.0. The van der Waals surface area contributed by atoms with E-state index >= 15 is 0 Å². The Bertz CT molecular complexity index is 591. The SMILES string of the molecule is O=S1N=C(Cc2csc3ccccc23)NO1. The fourth-order valence-electron chi connectivity index (χ4n) is 1.63. The number of rotatable bonds is 2. The first-order valence-electron chi connectivity index (χ1n) is 4.71. The molecule has 0 saturated carbocycles. The lowest BCUT2D eigenvalue weighted by Crippen LogP contribution is -2.18. The molecule has 1 aromatic carbocycles. The maximum atomic E-state index is 10.9. The molecule has 1 unspecified atom stereocenters. The minimum Gasteiger partial charge on any atom is -0.234 e. The van der Waals surface area contributed by atoms with Crippen molar-refractivity contribution in [2.75, 3.05) is 0 Å². The highest BCUT2D eigenvalue weighted by atomic mass is 32.2. The van der Waals surface area contributed by atoms with Crippen molar-refractivity contribution in [2.45, 2.75) is 6.42 Å². The van der Waals surface area contributed by atoms with E-state index in [1.807, 2.05) is 12.1 Å². The van der Waals surface area contributed by atoms with Crippen molar-refractivity contribution in [3.63, 3.8) is 0 Å². The van der Waals surface area contributed by atoms with Gasteiger partial charge in [0.25, 0.3) is 0 Å². The van der Waals surface area contributed by atoms with Gasteiger partial charge in [0.2, 0.25) is 0 Å². The van der Waals surface area contributed by atoms with Crippen LogP contribution >= 0.6 is 11.3 Å². The first kappa shape index (κ1) is 9.95. The average Bonchev–Trinajstić information content (AvgIpc) is 2.87. The maximum absolute atomic E-state index is 10.9. The molecule has 0 radical (unpaired) electrons. The molecule has 1 atom stereocenters. The lowest BCUT2D eigenvalue weighted by Gasteiger charge is -1.98. The first-order chi connectivity index (χ1) is 7.83. The van der Waals surface area contributed by atoms with Crippen molar-refractivity contribution in [3.8, 4) is 0 Å². The molecule has 0 spiro atoms. The van der Waals surface area contributed by atoms with Gasteiger partial charge in [-0.3, -0.25) is 0 Å². The van der Waals surface area contributed by atoms with Crippen LogP contribution in [0.1, 0.15) is 5.56 Å². The van der Waals surface area contributed by atoms with E-state index in [4.69, 9.17) is 0 Å². The molecule has 1 aromatic heterocycles. The van der Waals surface area contributed by atoms with Crippen molar-refractivity contribution in [1.82, 2.24) is 5.48 Å². The third kappa shape index (κ3) is 1.75. The molecule has 6 heteroatoms. The van der Waals surface area contributed by atoms with Crippen LogP contribution in [-0.4, -0.2) is 10.0 Å². The Balaban J connectivity index is 1.95. The van der Waals surface area contributed by atoms with Gasteiger partial charge in [-0.1, -0.05) is 18.2 Å². The molecule has 1 aliphatic heterocycles. The summed E-state index contributed by atoms with van der Waals surface area (Å²) < 4.78 is 20.6. The molecular weight excluding hydrogens is 244 g/mol. The topological polar surface area (TPSA) is 50.7 Å². The van der Waals surface area contributed by atoms with Crippen LogP contribution in [0.3, 0.4) is 0 Å². The number of hydrogen-bond acceptors (Lipinski definition) is 4. The van der Waals surface area contributed by atoms with Crippen LogP contribution in [0.25, 0.3) is 10.1 Å². The van der Waals surface area contributed by atoms with Gasteiger partial charge in [0.15, 0.2) is 0 Å². The van der Waals surface area contributed by atoms with Crippen LogP contribution in [0.15, 0.2) is 34.0 Å². The van der Waals surface area contributed by atoms with Gasteiger partial charge in [-0.25, -0.2) is 9.69 Å². The zero-order valence-electron chi connectivity index (χ0n) is 8.17. The molecule has 0 fully saturated rings. The fraction of sp³-hybridized carbons (Fsp3) is 0.100. The standard InChI is InChI=1S/C10H8N2O2S2/c13-16-12-10(11-14-16)5-7-6-15-9-4-2-1-3-8(7)9/h1-4,6H,5H2,(H,11,12). The predicted molar refractivity (Wildman–Crippen MR) is 65.3 cm³/mol. The minimum atomic E-state index is -1.57. The Morgan fingerprint density at radius 1 is 1.44 bits per heavy atom. The second-order valence-corrected chi connectivity index (χ2v) is 5.07. The van der Waals surface area contributed by atoms with E-state index in [-0.39, 0.29) is 0 Å². The minimum absolute atomic E-state index is 0.613. The number of nitrogens with one attached hydrogen (secondary N) is 1. The lowest BCUT2D eigenvalue weighted by molar-refractivity contribution is 0.303. The molecule has 3 rings (SSSR count). The summed E-state index contributed by atoms with van der Waals surface area (Å²) >= 11 is 0.131. The molecule has 16 heavy (non-hydrogen) atoms. The number of hydrogen-bond donors (Lipinski definition) is 1. The summed E-state index contributed by atoms with van der Waals surface area (Å²) in [7, 11) is 0. The van der Waals surface area contributed by atoms with E-state index in [1.165, 1.54) is 15.6 Å². The number of fused-ring (bicyclic) bond motifs is 1. The van der Waals surface area contributed by atoms with Gasteiger partial charge >= 0.3 is 11.3 Å². The average molecular weight is 252 g/mol. The number of hydroxylamine groups is 1. The van der Waals surface area contributed by atoms with Crippen LogP contribution in [0.2, 0.25) is 0 Å². The molecule has 0 saturated heterocycles. The fourth-order valence-corrected chi connectivity index (χ4v) is 3.08. The highest BCUT2D eigenvalue weighted by Crippen LogP contribution is 2.26. The molecule has 2 aromatic rings. The van der Waals surface area contributed by atoms with Crippen LogP contribution < -0.4 is 5.48 Å². The summed E-state index contributed by atoms with van der Waals surface area (Å²) in [5.41, 5.74) is 3.74. The van der Waals surface area contributed by atoms with E-state index < -0.39 is 11.3 Å². The Morgan fingerprint density at radius 3 is 3.12 bits per heavy atom. The lowest BCUT2D eigenvalue weighted by atomic mass is 10.1. The highest BCUT2D eigenvalue weighted by Gasteiger charge is 2.15. The van der Waals surface area contributed by atoms with Gasteiger partial charge in [0, 0.05) is 11.1 Å². The summed E-state index contributed by atoms with van der Waals surface area (Å²) in [4.78, 5) is 0. The van der Waals surface area contributed by atoms with E-state index in [2.05, 4.69) is 31.7 Å². The molecule has 1 N–H and O–H groups in total. The summed E-state index contributed by atoms with van der Waals surface area (Å²) in [6.45, 7) is 0. The molecule has 4 nitrogen and oxygen atoms in total. The second-order valence-electron chi connectivity index (χ2n) is 3.37. The summed E-state index contributed by atoms with van der Waals surface area (Å²) in [6.07, 6.45) is 0.621. The molecule has 0 bridgehead atoms. The van der Waals surface area contributed by atoms with Crippen molar-refractivity contribution in [2.24, 2.45) is 4.40 Å². The molecule has 0 amide bonds. The van der Waals surface area contributed by atoms with E-state index in [1.54, 1.807) is 11.3 Å². The van der Waals surface area contributed by atoms with Gasteiger partial charge < -0.3 is 0 Å². The van der Waals surface area contributed by atoms with Crippen molar-refractivity contribution < 1.29 is 8.49 Å². The summed E-state index contributed by atoms with van der Waals surface area (Å²) in [5, 5.41) is 3.31. The van der Waals surface area contributed by atoms with Gasteiger partial charge in [-0.2, -0.15) is 4.28 Å². The van der Waals surface area contributed by atoms with Gasteiger partial charge in [0.1, 0.15) is 5.84 Å². The Hall–Kier alpha value is -1.24. The molecule has 0 aliphatic carbocycles. The molecule has 82 valence electrons. The van der Waals surface area contributed by atoms with Crippen LogP contribution in [-0.2, 0) is 22.0 Å². The summed E-state index contributed by atoms with van der Waals surface area (Å²) in [6, 6.07) is 8.19. The smallest absolute Gasteiger partial charge is 0.234 e. The van der Waals surface area contributed by atoms with Gasteiger partial charge in [0.05, 0.1) is 0 Å². The third-order valence-electron chi connectivity index (χ3n) is 2.33. The molecule has 2 heterocycles. The second kappa shape index (κ2) is 3.97. The normalized spacial score (nSPS) is 19.8. The quantitative estimate of drug-likeness (QED) is 0.889. The Morgan fingerprint density at radius 2 is 2.31 bits per heavy atom. The van der Waals surface area contributed by atoms with E-state index in [0.29, 0.717) is 12.3 Å². The van der Waals surface area contributed by atoms with Crippen molar-refractivity contribution >= 4 is 38.5 Å². The first-order valence-corrected chi connectivity index (χ1v) is 6.62. The summed E-state index contributed by atoms with van der Waals surface area (Å²) in [5.74, 6) is 0.613. The number of benzene rings is 1.